The van der Waals surface area contributed by atoms with Gasteiger partial charge in [0.15, 0.2) is 0 Å². The fraction of sp³-hybridized carbons (Fsp3) is 0.500. The summed E-state index contributed by atoms with van der Waals surface area (Å²) in [5.41, 5.74) is 0.519. The number of halogens is 1. The molecule has 0 aliphatic heterocycles. The number of methoxy groups -OCH3 is 1. The summed E-state index contributed by atoms with van der Waals surface area (Å²) in [7, 11) is 1.58. The molecule has 0 unspecified atom stereocenters. The van der Waals surface area contributed by atoms with Crippen molar-refractivity contribution in [2.24, 2.45) is 0 Å². The van der Waals surface area contributed by atoms with Crippen LogP contribution in [0.4, 0.5) is 0 Å². The fourth-order valence-electron chi connectivity index (χ4n) is 2.17. The second-order valence-electron chi connectivity index (χ2n) is 4.46. The Bertz CT molecular complexity index is 478. The van der Waals surface area contributed by atoms with Gasteiger partial charge >= 0.3 is 144 Å². The topological polar surface area (TPSA) is 32.8 Å². The summed E-state index contributed by atoms with van der Waals surface area (Å²) in [5, 5.41) is 4.38. The van der Waals surface area contributed by atoms with E-state index in [1.165, 1.54) is 0 Å². The third-order valence-corrected chi connectivity index (χ3v) is 4.87. The average Bonchev–Trinajstić information content (AvgIpc) is 2.46. The van der Waals surface area contributed by atoms with Gasteiger partial charge in [0, 0.05) is 0 Å². The van der Waals surface area contributed by atoms with Crippen molar-refractivity contribution in [2.45, 2.75) is 20.8 Å². The van der Waals surface area contributed by atoms with Crippen LogP contribution in [-0.2, 0) is 0 Å². The minimum atomic E-state index is -0.0726. The van der Waals surface area contributed by atoms with Crippen LogP contribution < -0.4 is 7.55 Å². The van der Waals surface area contributed by atoms with Gasteiger partial charge in [0.25, 0.3) is 0 Å². The van der Waals surface area contributed by atoms with E-state index in [4.69, 9.17) is 16.3 Å². The predicted molar refractivity (Wildman–Crippen MR) is 83.0 cm³/mol. The second kappa shape index (κ2) is 8.25. The third-order valence-electron chi connectivity index (χ3n) is 3.32. The van der Waals surface area contributed by atoms with Crippen LogP contribution in [0.2, 0.25) is 5.02 Å². The van der Waals surface area contributed by atoms with Gasteiger partial charge in [0.05, 0.1) is 0 Å². The first kappa shape index (κ1) is 17.8. The zero-order chi connectivity index (χ0) is 15.3. The second-order valence-corrected chi connectivity index (χ2v) is 5.95. The number of rotatable bonds is 6. The van der Waals surface area contributed by atoms with Crippen LogP contribution in [0, 0.1) is 0 Å². The average molecular weight is 307 g/mol. The first-order chi connectivity index (χ1) is 9.49. The molecule has 0 spiro atoms. The molecule has 0 saturated heterocycles. The molecule has 6 heteroatoms. The number of hydrogen-bond acceptors (Lipinski definition) is 3. The number of nitrogens with zero attached hydrogens (tertiary/aromatic N) is 2. The maximum atomic E-state index is 12.7. The quantitative estimate of drug-likeness (QED) is 0.594. The third kappa shape index (κ3) is 3.89. The molecule has 0 aliphatic carbocycles. The van der Waals surface area contributed by atoms with Gasteiger partial charge in [0.2, 0.25) is 0 Å². The number of hydrazine groups is 1. The van der Waals surface area contributed by atoms with E-state index < -0.39 is 0 Å². The van der Waals surface area contributed by atoms with E-state index >= 15 is 0 Å². The summed E-state index contributed by atoms with van der Waals surface area (Å²) in [6.07, 6.45) is 0. The first-order valence-electron chi connectivity index (χ1n) is 6.90. The number of carbonyl (C=O) groups excluding carboxylic acids is 1. The van der Waals surface area contributed by atoms with E-state index in [1.54, 1.807) is 18.2 Å². The van der Waals surface area contributed by atoms with Gasteiger partial charge in [-0.05, 0) is 0 Å². The van der Waals surface area contributed by atoms with E-state index in [0.717, 1.165) is 43.8 Å². The van der Waals surface area contributed by atoms with E-state index in [-0.39, 0.29) is 5.91 Å². The van der Waals surface area contributed by atoms with Gasteiger partial charge in [-0.3, -0.25) is 0 Å². The van der Waals surface area contributed by atoms with Crippen LogP contribution in [0.1, 0.15) is 31.1 Å². The molecule has 0 bridgehead atoms. The summed E-state index contributed by atoms with van der Waals surface area (Å²) in [5.74, 6) is 0.520. The fourth-order valence-corrected chi connectivity index (χ4v) is 2.74. The predicted octanol–water partition coefficient (Wildman–Crippen LogP) is 1.86. The van der Waals surface area contributed by atoms with Crippen LogP contribution in [0.15, 0.2) is 12.1 Å². The molecule has 0 heterocycles. The Hall–Kier alpha value is -0.260. The van der Waals surface area contributed by atoms with Gasteiger partial charge in [0.1, 0.15) is 0 Å². The number of ether oxygens (including phenoxy) is 1. The van der Waals surface area contributed by atoms with Crippen molar-refractivity contribution in [3.63, 3.8) is 0 Å². The van der Waals surface area contributed by atoms with E-state index in [0.29, 0.717) is 22.9 Å². The SMILES string of the molecule is CCN(CC)N(CC)C(=O)c1cc(Cl)[c]([Na])cc1OC. The van der Waals surface area contributed by atoms with E-state index in [1.807, 2.05) is 31.8 Å². The summed E-state index contributed by atoms with van der Waals surface area (Å²) >= 11 is 7.00. The molecule has 1 amide bonds. The van der Waals surface area contributed by atoms with E-state index in [2.05, 4.69) is 0 Å². The molecule has 0 atom stereocenters. The molecule has 1 aromatic carbocycles. The molecule has 0 aromatic heterocycles. The molecule has 1 rings (SSSR count). The molecule has 1 aromatic rings. The number of carbonyl (C=O) groups is 1. The van der Waals surface area contributed by atoms with E-state index in [9.17, 15) is 4.79 Å². The van der Waals surface area contributed by atoms with Crippen molar-refractivity contribution in [2.75, 3.05) is 26.7 Å². The Morgan fingerprint density at radius 1 is 1.25 bits per heavy atom. The van der Waals surface area contributed by atoms with Crippen LogP contribution >= 0.6 is 11.6 Å². The summed E-state index contributed by atoms with van der Waals surface area (Å²) in [6, 6.07) is 3.58. The molecule has 0 saturated carbocycles. The Kier molecular flexibility index (Phi) is 7.34. The van der Waals surface area contributed by atoms with Crippen molar-refractivity contribution in [3.05, 3.63) is 22.7 Å². The molecule has 4 nitrogen and oxygen atoms in total. The molecule has 0 fully saturated rings. The van der Waals surface area contributed by atoms with Crippen molar-refractivity contribution < 1.29 is 9.53 Å². The maximum absolute atomic E-state index is 12.7. The Balaban J connectivity index is 3.21. The zero-order valence-electron chi connectivity index (χ0n) is 12.9. The van der Waals surface area contributed by atoms with Crippen LogP contribution in [0.25, 0.3) is 0 Å². The Labute approximate surface area is 143 Å². The molecule has 0 N–H and O–H groups in total. The Morgan fingerprint density at radius 3 is 2.30 bits per heavy atom. The molecular weight excluding hydrogens is 287 g/mol. The van der Waals surface area contributed by atoms with Gasteiger partial charge in [-0.25, -0.2) is 0 Å². The number of amides is 1. The summed E-state index contributed by atoms with van der Waals surface area (Å²) in [4.78, 5) is 12.7. The number of benzene rings is 1. The van der Waals surface area contributed by atoms with Crippen molar-refractivity contribution >= 4 is 48.3 Å². The molecule has 0 radical (unpaired) electrons. The standard InChI is InChI=1S/C14H20ClN2O2.Na/c1-5-16(6-2)17(7-3)14(18)12-10-11(15)8-9-13(12)19-4;/h9-10H,5-7H2,1-4H3;. The Morgan fingerprint density at radius 2 is 1.85 bits per heavy atom. The zero-order valence-corrected chi connectivity index (χ0v) is 15.6. The monoisotopic (exact) mass is 306 g/mol. The molecule has 106 valence electrons. The molecule has 0 aliphatic rings. The van der Waals surface area contributed by atoms with Crippen LogP contribution in [-0.4, -0.2) is 70.6 Å². The van der Waals surface area contributed by atoms with Gasteiger partial charge < -0.3 is 0 Å². The van der Waals surface area contributed by atoms with Crippen molar-refractivity contribution in [3.8, 4) is 5.75 Å². The van der Waals surface area contributed by atoms with Gasteiger partial charge in [-0.1, -0.05) is 0 Å². The van der Waals surface area contributed by atoms with Gasteiger partial charge in [-0.2, -0.15) is 0 Å². The van der Waals surface area contributed by atoms with Crippen LogP contribution in [0.3, 0.4) is 0 Å². The van der Waals surface area contributed by atoms with Crippen molar-refractivity contribution in [1.29, 1.82) is 0 Å². The van der Waals surface area contributed by atoms with Crippen molar-refractivity contribution in [1.82, 2.24) is 10.0 Å². The first-order valence-corrected chi connectivity index (χ1v) is 8.28. The normalized spacial score (nSPS) is 10.8. The molecular formula is C14H20ClN2NaO2. The van der Waals surface area contributed by atoms with Gasteiger partial charge in [-0.15, -0.1) is 0 Å². The minimum absolute atomic E-state index is 0.0726. The number of hydrogen-bond donors (Lipinski definition) is 0. The summed E-state index contributed by atoms with van der Waals surface area (Å²) in [6.45, 7) is 8.21. The van der Waals surface area contributed by atoms with Crippen LogP contribution in [0.5, 0.6) is 5.75 Å². The molecule has 20 heavy (non-hydrogen) atoms. The summed E-state index contributed by atoms with van der Waals surface area (Å²) < 4.78 is 6.37.